The highest BCUT2D eigenvalue weighted by Crippen LogP contribution is 2.29. The van der Waals surface area contributed by atoms with Crippen LogP contribution < -0.4 is 5.32 Å². The molecule has 0 aliphatic carbocycles. The van der Waals surface area contributed by atoms with Crippen LogP contribution in [0.25, 0.3) is 5.70 Å². The van der Waals surface area contributed by atoms with Gasteiger partial charge >= 0.3 is 0 Å². The fourth-order valence-electron chi connectivity index (χ4n) is 3.72. The van der Waals surface area contributed by atoms with Crippen LogP contribution in [-0.2, 0) is 0 Å². The number of likely N-dealkylation sites (N-methyl/N-ethyl adjacent to an activating group) is 1. The van der Waals surface area contributed by atoms with Gasteiger partial charge in [0.05, 0.1) is 16.2 Å². The summed E-state index contributed by atoms with van der Waals surface area (Å²) < 4.78 is 0.834. The van der Waals surface area contributed by atoms with Crippen molar-refractivity contribution in [2.75, 3.05) is 26.7 Å². The molecule has 32 heavy (non-hydrogen) atoms. The number of para-hydroxylation sites is 1. The van der Waals surface area contributed by atoms with Gasteiger partial charge in [0.15, 0.2) is 0 Å². The van der Waals surface area contributed by atoms with E-state index < -0.39 is 0 Å². The highest BCUT2D eigenvalue weighted by molar-refractivity contribution is 9.11. The van der Waals surface area contributed by atoms with E-state index in [1.165, 1.54) is 4.91 Å². The van der Waals surface area contributed by atoms with Crippen LogP contribution in [0.5, 0.6) is 5.75 Å². The molecule has 1 aromatic carbocycles. The second-order valence-corrected chi connectivity index (χ2v) is 9.72. The summed E-state index contributed by atoms with van der Waals surface area (Å²) >= 11 is 5.29. The Kier molecular flexibility index (Phi) is 8.84. The summed E-state index contributed by atoms with van der Waals surface area (Å²) in [5.74, 6) is 1.94. The first-order valence-electron chi connectivity index (χ1n) is 10.7. The van der Waals surface area contributed by atoms with Crippen molar-refractivity contribution in [1.82, 2.24) is 15.1 Å². The summed E-state index contributed by atoms with van der Waals surface area (Å²) in [6.45, 7) is 13.0. The van der Waals surface area contributed by atoms with E-state index >= 15 is 0 Å². The maximum absolute atomic E-state index is 10.4. The number of hydrogen-bond donors (Lipinski definition) is 2. The Morgan fingerprint density at radius 3 is 2.72 bits per heavy atom. The number of halogens is 1. The molecule has 5 nitrogen and oxygen atoms in total. The Balaban J connectivity index is 1.79. The molecule has 2 heterocycles. The van der Waals surface area contributed by atoms with Crippen molar-refractivity contribution < 1.29 is 5.11 Å². The number of phenols is 1. The molecule has 0 radical (unpaired) electrons. The van der Waals surface area contributed by atoms with Crippen LogP contribution in [0.4, 0.5) is 0 Å². The normalized spacial score (nSPS) is 20.9. The zero-order valence-corrected chi connectivity index (χ0v) is 21.1. The van der Waals surface area contributed by atoms with Crippen LogP contribution >= 0.6 is 27.7 Å². The molecule has 0 saturated carbocycles. The molecular formula is C25H31BrN4OS. The Morgan fingerprint density at radius 2 is 2.06 bits per heavy atom. The third-order valence-corrected chi connectivity index (χ3v) is 7.02. The van der Waals surface area contributed by atoms with Crippen molar-refractivity contribution >= 4 is 39.2 Å². The first-order valence-corrected chi connectivity index (χ1v) is 12.4. The third kappa shape index (κ3) is 6.18. The summed E-state index contributed by atoms with van der Waals surface area (Å²) in [5, 5.41) is 15.9. The number of piperidine rings is 1. The van der Waals surface area contributed by atoms with E-state index in [1.807, 2.05) is 49.2 Å². The summed E-state index contributed by atoms with van der Waals surface area (Å²) in [6.07, 6.45) is 7.81. The number of nitrogens with zero attached hydrogens (tertiary/aromatic N) is 3. The first kappa shape index (κ1) is 24.4. The van der Waals surface area contributed by atoms with E-state index in [4.69, 9.17) is 4.99 Å². The quantitative estimate of drug-likeness (QED) is 0.491. The second kappa shape index (κ2) is 11.6. The van der Waals surface area contributed by atoms with Crippen LogP contribution in [-0.4, -0.2) is 53.5 Å². The van der Waals surface area contributed by atoms with Gasteiger partial charge in [0.2, 0.25) is 0 Å². The molecule has 2 N–H and O–H groups in total. The first-order chi connectivity index (χ1) is 15.4. The van der Waals surface area contributed by atoms with Crippen LogP contribution in [0, 0.1) is 0 Å². The minimum absolute atomic E-state index is 0.230. The lowest BCUT2D eigenvalue weighted by Crippen LogP contribution is -2.40. The van der Waals surface area contributed by atoms with Gasteiger partial charge in [-0.2, -0.15) is 0 Å². The van der Waals surface area contributed by atoms with Crippen LogP contribution in [0.1, 0.15) is 25.3 Å². The monoisotopic (exact) mass is 514 g/mol. The molecule has 1 saturated heterocycles. The van der Waals surface area contributed by atoms with Gasteiger partial charge in [-0.1, -0.05) is 37.4 Å². The topological polar surface area (TPSA) is 51.1 Å². The maximum atomic E-state index is 10.4. The Bertz CT molecular complexity index is 974. The van der Waals surface area contributed by atoms with Crippen molar-refractivity contribution in [3.05, 3.63) is 81.8 Å². The maximum Gasteiger partial charge on any atom is 0.131 e. The minimum atomic E-state index is 0.230. The Hall–Kier alpha value is -2.22. The fraction of sp³-hybridized carbons (Fsp3) is 0.320. The SMILES string of the molecule is C=C/C(Br)=C1/NC(c2ccccc2O)=CC(=NC2CCN(CC(=C)S/C=C\C)CC2)N1C. The number of aromatic hydroxyl groups is 1. The molecule has 1 fully saturated rings. The molecule has 0 amide bonds. The molecule has 2 aliphatic rings. The molecule has 1 aromatic rings. The minimum Gasteiger partial charge on any atom is -0.507 e. The van der Waals surface area contributed by atoms with Crippen molar-refractivity contribution in [3.8, 4) is 5.75 Å². The smallest absolute Gasteiger partial charge is 0.131 e. The largest absolute Gasteiger partial charge is 0.507 e. The molecule has 0 atom stereocenters. The van der Waals surface area contributed by atoms with Gasteiger partial charge in [-0.15, -0.1) is 11.8 Å². The summed E-state index contributed by atoms with van der Waals surface area (Å²) in [4.78, 5) is 10.7. The van der Waals surface area contributed by atoms with Gasteiger partial charge in [-0.3, -0.25) is 9.89 Å². The average Bonchev–Trinajstić information content (AvgIpc) is 2.80. The lowest BCUT2D eigenvalue weighted by molar-refractivity contribution is 0.232. The number of amidine groups is 1. The number of aliphatic imine (C=N–C) groups is 1. The summed E-state index contributed by atoms with van der Waals surface area (Å²) in [7, 11) is 1.99. The third-order valence-electron chi connectivity index (χ3n) is 5.45. The average molecular weight is 516 g/mol. The van der Waals surface area contributed by atoms with Crippen molar-refractivity contribution in [1.29, 1.82) is 0 Å². The number of allylic oxidation sites excluding steroid dienone is 3. The molecule has 0 spiro atoms. The lowest BCUT2D eigenvalue weighted by atomic mass is 10.0. The van der Waals surface area contributed by atoms with Gasteiger partial charge in [-0.05, 0) is 58.1 Å². The van der Waals surface area contributed by atoms with Gasteiger partial charge in [0.25, 0.3) is 0 Å². The molecule has 2 aliphatic heterocycles. The summed E-state index contributed by atoms with van der Waals surface area (Å²) in [5.41, 5.74) is 1.55. The van der Waals surface area contributed by atoms with Gasteiger partial charge in [0.1, 0.15) is 17.4 Å². The standard InChI is InChI=1S/C25H31BrN4OS/c1-5-15-32-18(3)17-30-13-11-19(12-14-30)27-24-16-22(20-9-7-8-10-23(20)31)28-25(29(24)4)21(26)6-2/h5-10,15-16,19,28,31H,2-3,11-14,17H2,1,4H3/b15-5-,25-21+,27-24?. The van der Waals surface area contributed by atoms with E-state index in [2.05, 4.69) is 44.7 Å². The number of thioether (sulfide) groups is 1. The summed E-state index contributed by atoms with van der Waals surface area (Å²) in [6, 6.07) is 7.57. The van der Waals surface area contributed by atoms with Crippen LogP contribution in [0.2, 0.25) is 0 Å². The van der Waals surface area contributed by atoms with Gasteiger partial charge in [0, 0.05) is 38.3 Å². The second-order valence-electron chi connectivity index (χ2n) is 7.78. The molecule has 170 valence electrons. The zero-order valence-electron chi connectivity index (χ0n) is 18.7. The number of nitrogens with one attached hydrogen (secondary N) is 1. The van der Waals surface area contributed by atoms with Crippen molar-refractivity contribution in [3.63, 3.8) is 0 Å². The molecule has 3 rings (SSSR count). The highest BCUT2D eigenvalue weighted by atomic mass is 79.9. The molecule has 0 bridgehead atoms. The number of benzene rings is 1. The number of hydrogen-bond acceptors (Lipinski definition) is 5. The fourth-order valence-corrected chi connectivity index (χ4v) is 4.67. The highest BCUT2D eigenvalue weighted by Gasteiger charge is 2.25. The van der Waals surface area contributed by atoms with Crippen LogP contribution in [0.3, 0.4) is 0 Å². The van der Waals surface area contributed by atoms with Crippen molar-refractivity contribution in [2.45, 2.75) is 25.8 Å². The number of phenolic OH excluding ortho intramolecular Hbond substituents is 1. The molecule has 0 unspecified atom stereocenters. The van der Waals surface area contributed by atoms with Gasteiger partial charge < -0.3 is 15.3 Å². The Labute approximate surface area is 204 Å². The van der Waals surface area contributed by atoms with Crippen LogP contribution in [0.15, 0.2) is 81.3 Å². The Morgan fingerprint density at radius 1 is 1.34 bits per heavy atom. The lowest BCUT2D eigenvalue weighted by Gasteiger charge is -2.34. The van der Waals surface area contributed by atoms with E-state index in [0.29, 0.717) is 0 Å². The molecule has 0 aromatic heterocycles. The zero-order chi connectivity index (χ0) is 23.1. The predicted molar refractivity (Wildman–Crippen MR) is 142 cm³/mol. The van der Waals surface area contributed by atoms with E-state index in [-0.39, 0.29) is 11.8 Å². The van der Waals surface area contributed by atoms with E-state index in [9.17, 15) is 5.11 Å². The number of rotatable bonds is 7. The number of likely N-dealkylation sites (tertiary alicyclic amines) is 1. The van der Waals surface area contributed by atoms with E-state index in [1.54, 1.807) is 23.9 Å². The molecule has 7 heteroatoms. The molecular weight excluding hydrogens is 484 g/mol. The van der Waals surface area contributed by atoms with E-state index in [0.717, 1.165) is 59.9 Å². The van der Waals surface area contributed by atoms with Crippen molar-refractivity contribution in [2.24, 2.45) is 4.99 Å². The van der Waals surface area contributed by atoms with Gasteiger partial charge in [-0.25, -0.2) is 0 Å². The predicted octanol–water partition coefficient (Wildman–Crippen LogP) is 5.66.